The number of hydrogen-bond donors (Lipinski definition) is 2. The minimum absolute atomic E-state index is 0.194. The Morgan fingerprint density at radius 2 is 1.94 bits per heavy atom. The third-order valence-electron chi connectivity index (χ3n) is 5.36. The van der Waals surface area contributed by atoms with Crippen LogP contribution in [0.3, 0.4) is 0 Å². The highest BCUT2D eigenvalue weighted by atomic mass is 79.9. The Kier molecular flexibility index (Phi) is 8.47. The van der Waals surface area contributed by atoms with E-state index in [9.17, 15) is 13.2 Å². The van der Waals surface area contributed by atoms with Crippen molar-refractivity contribution in [2.45, 2.75) is 25.2 Å². The van der Waals surface area contributed by atoms with Crippen LogP contribution in [-0.2, 0) is 14.8 Å². The van der Waals surface area contributed by atoms with Crippen molar-refractivity contribution in [1.82, 2.24) is 5.32 Å². The number of benzene rings is 2. The number of likely N-dealkylation sites (N-methyl/N-ethyl adjacent to an activating group) is 1. The molecule has 1 aliphatic rings. The van der Waals surface area contributed by atoms with Crippen molar-refractivity contribution in [2.75, 3.05) is 41.9 Å². The monoisotopic (exact) mass is 552 g/mol. The highest BCUT2D eigenvalue weighted by Crippen LogP contribution is 2.46. The highest BCUT2D eigenvalue weighted by Gasteiger charge is 2.32. The van der Waals surface area contributed by atoms with Gasteiger partial charge in [0.2, 0.25) is 10.0 Å². The average Bonchev–Trinajstić information content (AvgIpc) is 3.60. The van der Waals surface area contributed by atoms with E-state index in [0.29, 0.717) is 29.2 Å². The summed E-state index contributed by atoms with van der Waals surface area (Å²) in [6, 6.07) is 10.8. The molecule has 178 valence electrons. The minimum Gasteiger partial charge on any atom is -0.398 e. The van der Waals surface area contributed by atoms with Crippen LogP contribution in [0.4, 0.5) is 17.1 Å². The lowest BCUT2D eigenvalue weighted by Gasteiger charge is -2.26. The van der Waals surface area contributed by atoms with Gasteiger partial charge in [-0.25, -0.2) is 13.4 Å². The lowest BCUT2D eigenvalue weighted by atomic mass is 9.98. The van der Waals surface area contributed by atoms with Crippen LogP contribution in [0.2, 0.25) is 0 Å². The minimum atomic E-state index is -3.50. The first kappa shape index (κ1) is 25.6. The van der Waals surface area contributed by atoms with E-state index in [1.807, 2.05) is 24.5 Å². The molecule has 0 bridgehead atoms. The fourth-order valence-electron chi connectivity index (χ4n) is 3.58. The van der Waals surface area contributed by atoms with Gasteiger partial charge in [0, 0.05) is 29.3 Å². The van der Waals surface area contributed by atoms with Gasteiger partial charge in [0.05, 0.1) is 17.6 Å². The van der Waals surface area contributed by atoms with Gasteiger partial charge in [-0.05, 0) is 79.2 Å². The van der Waals surface area contributed by atoms with Crippen LogP contribution in [0.15, 0.2) is 45.9 Å². The Morgan fingerprint density at radius 1 is 1.27 bits per heavy atom. The van der Waals surface area contributed by atoms with Crippen molar-refractivity contribution in [3.8, 4) is 0 Å². The van der Waals surface area contributed by atoms with E-state index in [1.54, 1.807) is 37.0 Å². The average molecular weight is 554 g/mol. The van der Waals surface area contributed by atoms with Crippen LogP contribution in [-0.4, -0.2) is 51.9 Å². The van der Waals surface area contributed by atoms with Crippen LogP contribution < -0.4 is 15.4 Å². The van der Waals surface area contributed by atoms with E-state index >= 15 is 0 Å². The van der Waals surface area contributed by atoms with Crippen molar-refractivity contribution < 1.29 is 13.2 Å². The van der Waals surface area contributed by atoms with Gasteiger partial charge < -0.3 is 11.1 Å². The summed E-state index contributed by atoms with van der Waals surface area (Å²) in [7, 11) is -1.95. The van der Waals surface area contributed by atoms with Gasteiger partial charge in [0.1, 0.15) is 5.71 Å². The summed E-state index contributed by atoms with van der Waals surface area (Å²) in [6.07, 6.45) is 5.89. The molecule has 1 saturated carbocycles. The van der Waals surface area contributed by atoms with Crippen molar-refractivity contribution >= 4 is 66.4 Å². The molecule has 3 rings (SSSR count). The normalized spacial score (nSPS) is 14.2. The van der Waals surface area contributed by atoms with Gasteiger partial charge >= 0.3 is 0 Å². The van der Waals surface area contributed by atoms with Crippen LogP contribution in [0.25, 0.3) is 0 Å². The maximum absolute atomic E-state index is 12.8. The molecule has 3 N–H and O–H groups in total. The van der Waals surface area contributed by atoms with Gasteiger partial charge in [-0.2, -0.15) is 11.8 Å². The quantitative estimate of drug-likeness (QED) is 0.260. The zero-order chi connectivity index (χ0) is 24.2. The molecule has 1 amide bonds. The number of nitrogen functional groups attached to an aromatic ring is 1. The van der Waals surface area contributed by atoms with Crippen molar-refractivity contribution in [3.63, 3.8) is 0 Å². The molecule has 2 aromatic carbocycles. The molecule has 0 aromatic heterocycles. The summed E-state index contributed by atoms with van der Waals surface area (Å²) in [5.41, 5.74) is 9.53. The largest absolute Gasteiger partial charge is 0.398 e. The van der Waals surface area contributed by atoms with Crippen molar-refractivity contribution in [2.24, 2.45) is 4.99 Å². The predicted octanol–water partition coefficient (Wildman–Crippen LogP) is 4.29. The number of aliphatic imine (C=N–C) groups is 1. The molecule has 0 radical (unpaired) electrons. The fourth-order valence-corrected chi connectivity index (χ4v) is 5.24. The third-order valence-corrected chi connectivity index (χ3v) is 7.77. The summed E-state index contributed by atoms with van der Waals surface area (Å²) in [5.74, 6) is 0.737. The molecule has 0 aliphatic heterocycles. The first-order chi connectivity index (χ1) is 15.7. The van der Waals surface area contributed by atoms with Crippen LogP contribution >= 0.6 is 27.7 Å². The van der Waals surface area contributed by atoms with E-state index in [4.69, 9.17) is 5.73 Å². The molecule has 0 atom stereocenters. The number of halogens is 1. The Bertz CT molecular complexity index is 1150. The number of nitrogens with zero attached hydrogens (tertiary/aromatic N) is 2. The van der Waals surface area contributed by atoms with Crippen LogP contribution in [0.1, 0.15) is 36.3 Å². The summed E-state index contributed by atoms with van der Waals surface area (Å²) in [4.78, 5) is 17.3. The van der Waals surface area contributed by atoms with E-state index in [2.05, 4.69) is 26.2 Å². The van der Waals surface area contributed by atoms with Crippen LogP contribution in [0, 0.1) is 0 Å². The summed E-state index contributed by atoms with van der Waals surface area (Å²) < 4.78 is 27.7. The lowest BCUT2D eigenvalue weighted by Crippen LogP contribution is -2.33. The number of hydrogen-bond acceptors (Lipinski definition) is 6. The van der Waals surface area contributed by atoms with E-state index in [-0.39, 0.29) is 17.5 Å². The second kappa shape index (κ2) is 10.9. The van der Waals surface area contributed by atoms with E-state index in [0.717, 1.165) is 35.1 Å². The molecule has 0 unspecified atom stereocenters. The summed E-state index contributed by atoms with van der Waals surface area (Å²) in [6.45, 7) is 0.382. The molecular weight excluding hydrogens is 524 g/mol. The van der Waals surface area contributed by atoms with Gasteiger partial charge in [0.25, 0.3) is 5.91 Å². The van der Waals surface area contributed by atoms with E-state index in [1.165, 1.54) is 10.6 Å². The van der Waals surface area contributed by atoms with Gasteiger partial charge in [-0.15, -0.1) is 0 Å². The Balaban J connectivity index is 2.13. The first-order valence-corrected chi connectivity index (χ1v) is 14.7. The number of nitrogens with one attached hydrogen (secondary N) is 1. The molecule has 0 saturated heterocycles. The number of nitrogens with two attached hydrogens (primary N) is 1. The number of thioether (sulfide) groups is 1. The number of anilines is 2. The standard InChI is InChI=1S/C23H29BrN4O3S2/c1-26-23(29)22(27-17-9-7-16(24)8-10-17)19-13-18(15-5-6-15)21(14-20(19)25)28(33(3,30)31)11-4-12-32-2/h7-10,13-15H,4-6,11-12,25H2,1-3H3,(H,26,29). The topological polar surface area (TPSA) is 105 Å². The molecular formula is C23H29BrN4O3S2. The highest BCUT2D eigenvalue weighted by molar-refractivity contribution is 9.10. The molecule has 1 fully saturated rings. The SMILES string of the molecule is CNC(=O)C(=Nc1ccc(Br)cc1)c1cc(C2CC2)c(N(CCCSC)S(C)(=O)=O)cc1N. The molecule has 0 spiro atoms. The zero-order valence-electron chi connectivity index (χ0n) is 19.0. The smallest absolute Gasteiger partial charge is 0.270 e. The zero-order valence-corrected chi connectivity index (χ0v) is 22.2. The van der Waals surface area contributed by atoms with Gasteiger partial charge in [-0.1, -0.05) is 15.9 Å². The predicted molar refractivity (Wildman–Crippen MR) is 142 cm³/mol. The second-order valence-electron chi connectivity index (χ2n) is 7.97. The molecule has 10 heteroatoms. The lowest BCUT2D eigenvalue weighted by molar-refractivity contribution is -0.114. The molecule has 1 aliphatic carbocycles. The fraction of sp³-hybridized carbons (Fsp3) is 0.391. The Labute approximate surface area is 208 Å². The second-order valence-corrected chi connectivity index (χ2v) is 11.8. The third kappa shape index (κ3) is 6.51. The van der Waals surface area contributed by atoms with Crippen molar-refractivity contribution in [3.05, 3.63) is 52.0 Å². The molecule has 7 nitrogen and oxygen atoms in total. The molecule has 0 heterocycles. The Morgan fingerprint density at radius 3 is 2.48 bits per heavy atom. The number of sulfonamides is 1. The number of amides is 1. The summed E-state index contributed by atoms with van der Waals surface area (Å²) in [5, 5.41) is 2.64. The first-order valence-electron chi connectivity index (χ1n) is 10.6. The molecule has 33 heavy (non-hydrogen) atoms. The summed E-state index contributed by atoms with van der Waals surface area (Å²) >= 11 is 5.08. The van der Waals surface area contributed by atoms with Gasteiger partial charge in [0.15, 0.2) is 0 Å². The maximum atomic E-state index is 12.8. The van der Waals surface area contributed by atoms with Gasteiger partial charge in [-0.3, -0.25) is 9.10 Å². The van der Waals surface area contributed by atoms with Crippen molar-refractivity contribution in [1.29, 1.82) is 0 Å². The number of carbonyl (C=O) groups is 1. The number of carbonyl (C=O) groups excluding carboxylic acids is 1. The van der Waals surface area contributed by atoms with E-state index < -0.39 is 10.0 Å². The maximum Gasteiger partial charge on any atom is 0.270 e. The van der Waals surface area contributed by atoms with Crippen LogP contribution in [0.5, 0.6) is 0 Å². The number of rotatable bonds is 10. The molecule has 2 aromatic rings. The Hall–Kier alpha value is -2.04.